The van der Waals surface area contributed by atoms with E-state index in [4.69, 9.17) is 0 Å². The highest BCUT2D eigenvalue weighted by atomic mass is 16.3. The maximum absolute atomic E-state index is 11.9. The molecule has 0 aromatic heterocycles. The molecule has 4 heteroatoms. The zero-order valence-electron chi connectivity index (χ0n) is 11.6. The van der Waals surface area contributed by atoms with Gasteiger partial charge in [0, 0.05) is 6.04 Å². The average molecular weight is 274 g/mol. The van der Waals surface area contributed by atoms with Crippen LogP contribution in [-0.2, 0) is 6.42 Å². The molecule has 2 atom stereocenters. The second-order valence-corrected chi connectivity index (χ2v) is 5.15. The first-order valence-corrected chi connectivity index (χ1v) is 7.16. The number of benzene rings is 1. The molecule has 4 nitrogen and oxygen atoms in total. The second kappa shape index (κ2) is 7.70. The topological polar surface area (TPSA) is 61.4 Å². The Morgan fingerprint density at radius 2 is 2.15 bits per heavy atom. The fourth-order valence-electron chi connectivity index (χ4n) is 2.39. The van der Waals surface area contributed by atoms with Crippen LogP contribution in [0.2, 0.25) is 0 Å². The van der Waals surface area contributed by atoms with Gasteiger partial charge in [0.05, 0.1) is 12.6 Å². The number of carbonyl (C=O) groups is 1. The van der Waals surface area contributed by atoms with E-state index < -0.39 is 0 Å². The van der Waals surface area contributed by atoms with E-state index in [1.54, 1.807) is 0 Å². The van der Waals surface area contributed by atoms with Gasteiger partial charge in [-0.2, -0.15) is 0 Å². The number of aliphatic hydroxyl groups excluding tert-OH is 1. The fourth-order valence-corrected chi connectivity index (χ4v) is 2.39. The number of amides is 2. The molecule has 2 rings (SSSR count). The SMILES string of the molecule is O=C(N[C@H](CO)Cc1ccccc1)N[C@@H]1C=CCCC1. The van der Waals surface area contributed by atoms with Crippen molar-refractivity contribution < 1.29 is 9.90 Å². The standard InChI is InChI=1S/C16H22N2O2/c19-12-15(11-13-7-3-1-4-8-13)18-16(20)17-14-9-5-2-6-10-14/h1,3-5,7-9,14-15,19H,2,6,10-12H2,(H2,17,18,20)/t14-,15+/m1/s1. The number of hydrogen-bond acceptors (Lipinski definition) is 2. The molecule has 20 heavy (non-hydrogen) atoms. The Kier molecular flexibility index (Phi) is 5.62. The summed E-state index contributed by atoms with van der Waals surface area (Å²) in [5.74, 6) is 0. The summed E-state index contributed by atoms with van der Waals surface area (Å²) in [4.78, 5) is 11.9. The molecule has 0 fully saturated rings. The Hall–Kier alpha value is -1.81. The summed E-state index contributed by atoms with van der Waals surface area (Å²) in [7, 11) is 0. The molecule has 108 valence electrons. The molecule has 1 aromatic carbocycles. The molecule has 1 aliphatic carbocycles. The van der Waals surface area contributed by atoms with Gasteiger partial charge in [0.25, 0.3) is 0 Å². The van der Waals surface area contributed by atoms with Crippen molar-refractivity contribution in [3.63, 3.8) is 0 Å². The lowest BCUT2D eigenvalue weighted by Gasteiger charge is -2.21. The third-order valence-corrected chi connectivity index (χ3v) is 3.45. The van der Waals surface area contributed by atoms with Crippen molar-refractivity contribution in [1.29, 1.82) is 0 Å². The molecule has 2 amide bonds. The lowest BCUT2D eigenvalue weighted by Crippen LogP contribution is -2.48. The van der Waals surface area contributed by atoms with E-state index >= 15 is 0 Å². The normalized spacial score (nSPS) is 19.4. The molecule has 1 aromatic rings. The highest BCUT2D eigenvalue weighted by Crippen LogP contribution is 2.10. The van der Waals surface area contributed by atoms with Crippen molar-refractivity contribution in [2.75, 3.05) is 6.61 Å². The van der Waals surface area contributed by atoms with Gasteiger partial charge in [-0.1, -0.05) is 42.5 Å². The molecule has 0 unspecified atom stereocenters. The van der Waals surface area contributed by atoms with Crippen LogP contribution in [0.4, 0.5) is 4.79 Å². The van der Waals surface area contributed by atoms with Crippen LogP contribution >= 0.6 is 0 Å². The van der Waals surface area contributed by atoms with Crippen molar-refractivity contribution in [1.82, 2.24) is 10.6 Å². The first-order valence-electron chi connectivity index (χ1n) is 7.16. The summed E-state index contributed by atoms with van der Waals surface area (Å²) in [5.41, 5.74) is 1.10. The fraction of sp³-hybridized carbons (Fsp3) is 0.438. The number of nitrogens with one attached hydrogen (secondary N) is 2. The van der Waals surface area contributed by atoms with E-state index in [1.165, 1.54) is 0 Å². The molecule has 1 aliphatic rings. The van der Waals surface area contributed by atoms with E-state index in [-0.39, 0.29) is 24.7 Å². The molecule has 0 saturated carbocycles. The average Bonchev–Trinajstić information content (AvgIpc) is 2.48. The zero-order valence-corrected chi connectivity index (χ0v) is 11.6. The van der Waals surface area contributed by atoms with Crippen molar-refractivity contribution in [3.8, 4) is 0 Å². The number of rotatable bonds is 5. The van der Waals surface area contributed by atoms with Gasteiger partial charge in [-0.3, -0.25) is 0 Å². The van der Waals surface area contributed by atoms with Crippen LogP contribution in [0.1, 0.15) is 24.8 Å². The molecular weight excluding hydrogens is 252 g/mol. The highest BCUT2D eigenvalue weighted by Gasteiger charge is 2.15. The third kappa shape index (κ3) is 4.70. The van der Waals surface area contributed by atoms with Crippen molar-refractivity contribution >= 4 is 6.03 Å². The van der Waals surface area contributed by atoms with Gasteiger partial charge in [0.15, 0.2) is 0 Å². The van der Waals surface area contributed by atoms with E-state index in [1.807, 2.05) is 36.4 Å². The highest BCUT2D eigenvalue weighted by molar-refractivity contribution is 5.74. The summed E-state index contributed by atoms with van der Waals surface area (Å²) < 4.78 is 0. The Labute approximate surface area is 119 Å². The number of allylic oxidation sites excluding steroid dienone is 1. The summed E-state index contributed by atoms with van der Waals surface area (Å²) >= 11 is 0. The van der Waals surface area contributed by atoms with Crippen molar-refractivity contribution in [3.05, 3.63) is 48.0 Å². The van der Waals surface area contributed by atoms with Crippen LogP contribution in [-0.4, -0.2) is 29.8 Å². The Bertz CT molecular complexity index is 445. The quantitative estimate of drug-likeness (QED) is 0.719. The van der Waals surface area contributed by atoms with Gasteiger partial charge < -0.3 is 15.7 Å². The summed E-state index contributed by atoms with van der Waals surface area (Å²) in [6, 6.07) is 9.49. The minimum atomic E-state index is -0.259. The van der Waals surface area contributed by atoms with E-state index in [0.717, 1.165) is 24.8 Å². The minimum absolute atomic E-state index is 0.0666. The van der Waals surface area contributed by atoms with Gasteiger partial charge in [-0.25, -0.2) is 4.79 Å². The number of aliphatic hydroxyl groups is 1. The van der Waals surface area contributed by atoms with Gasteiger partial charge in [0.2, 0.25) is 0 Å². The number of hydrogen-bond donors (Lipinski definition) is 3. The van der Waals surface area contributed by atoms with Crippen LogP contribution in [0.15, 0.2) is 42.5 Å². The van der Waals surface area contributed by atoms with Crippen LogP contribution in [0.5, 0.6) is 0 Å². The Morgan fingerprint density at radius 3 is 2.80 bits per heavy atom. The van der Waals surface area contributed by atoms with Crippen LogP contribution in [0, 0.1) is 0 Å². The molecule has 0 aliphatic heterocycles. The van der Waals surface area contributed by atoms with E-state index in [0.29, 0.717) is 6.42 Å². The maximum Gasteiger partial charge on any atom is 0.315 e. The summed E-state index contributed by atoms with van der Waals surface area (Å²) in [5, 5.41) is 15.1. The molecule has 3 N–H and O–H groups in total. The second-order valence-electron chi connectivity index (χ2n) is 5.15. The molecule has 0 radical (unpaired) electrons. The molecular formula is C16H22N2O2. The first-order chi connectivity index (χ1) is 9.78. The van der Waals surface area contributed by atoms with Crippen molar-refractivity contribution in [2.45, 2.75) is 37.8 Å². The summed E-state index contributed by atoms with van der Waals surface area (Å²) in [6.07, 6.45) is 7.94. The maximum atomic E-state index is 11.9. The molecule has 0 saturated heterocycles. The monoisotopic (exact) mass is 274 g/mol. The molecule has 0 spiro atoms. The smallest absolute Gasteiger partial charge is 0.315 e. The number of urea groups is 1. The predicted molar refractivity (Wildman–Crippen MR) is 79.5 cm³/mol. The predicted octanol–water partition coefficient (Wildman–Crippen LogP) is 2.00. The largest absolute Gasteiger partial charge is 0.394 e. The van der Waals surface area contributed by atoms with E-state index in [9.17, 15) is 9.90 Å². The van der Waals surface area contributed by atoms with E-state index in [2.05, 4.69) is 16.7 Å². The Morgan fingerprint density at radius 1 is 1.35 bits per heavy atom. The molecule has 0 heterocycles. The van der Waals surface area contributed by atoms with Gasteiger partial charge in [0.1, 0.15) is 0 Å². The first kappa shape index (κ1) is 14.6. The lowest BCUT2D eigenvalue weighted by atomic mass is 10.0. The van der Waals surface area contributed by atoms with Crippen LogP contribution in [0.3, 0.4) is 0 Å². The summed E-state index contributed by atoms with van der Waals surface area (Å²) in [6.45, 7) is -0.0666. The number of carbonyl (C=O) groups excluding carboxylic acids is 1. The third-order valence-electron chi connectivity index (χ3n) is 3.45. The van der Waals surface area contributed by atoms with Crippen LogP contribution in [0.25, 0.3) is 0 Å². The van der Waals surface area contributed by atoms with Gasteiger partial charge in [-0.15, -0.1) is 0 Å². The molecule has 0 bridgehead atoms. The van der Waals surface area contributed by atoms with Gasteiger partial charge in [-0.05, 0) is 31.2 Å². The minimum Gasteiger partial charge on any atom is -0.394 e. The van der Waals surface area contributed by atoms with Crippen molar-refractivity contribution in [2.24, 2.45) is 0 Å². The zero-order chi connectivity index (χ0) is 14.2. The van der Waals surface area contributed by atoms with Gasteiger partial charge >= 0.3 is 6.03 Å². The lowest BCUT2D eigenvalue weighted by molar-refractivity contribution is 0.214. The van der Waals surface area contributed by atoms with Crippen LogP contribution < -0.4 is 10.6 Å². The Balaban J connectivity index is 1.81.